The maximum Gasteiger partial charge on any atom is 0.268 e. The lowest BCUT2D eigenvalue weighted by Gasteiger charge is -2.11. The summed E-state index contributed by atoms with van der Waals surface area (Å²) < 4.78 is 42.5. The van der Waals surface area contributed by atoms with Crippen LogP contribution in [0, 0.1) is 5.82 Å². The van der Waals surface area contributed by atoms with E-state index in [-0.39, 0.29) is 28.0 Å². The number of carbonyl (C=O) groups is 1. The minimum atomic E-state index is -3.06. The average Bonchev–Trinajstić information content (AvgIpc) is 3.41. The molecular weight excluding hydrogens is 409 g/mol. The van der Waals surface area contributed by atoms with E-state index >= 15 is 0 Å². The summed E-state index contributed by atoms with van der Waals surface area (Å²) in [7, 11) is 0. The molecule has 29 heavy (non-hydrogen) atoms. The first kappa shape index (κ1) is 19.2. The fourth-order valence-electron chi connectivity index (χ4n) is 2.75. The summed E-state index contributed by atoms with van der Waals surface area (Å²) in [6.45, 7) is 0. The van der Waals surface area contributed by atoms with Crippen molar-refractivity contribution in [1.82, 2.24) is 24.6 Å². The molecule has 0 spiro atoms. The van der Waals surface area contributed by atoms with Gasteiger partial charge in [-0.3, -0.25) is 14.9 Å². The number of rotatable bonds is 4. The Kier molecular flexibility index (Phi) is 5.10. The van der Waals surface area contributed by atoms with Gasteiger partial charge in [0.05, 0.1) is 40.4 Å². The number of hydrogen-bond donors (Lipinski definition) is 2. The largest absolute Gasteiger partial charge is 0.312 e. The Bertz CT molecular complexity index is 1200. The SMILES string of the molecule is C1CC1.O=CNc1cn2cc(-c3c(Cl)c(F)c(C(F)F)c4[nH]ncc34)ncc2n1. The highest BCUT2D eigenvalue weighted by molar-refractivity contribution is 6.35. The van der Waals surface area contributed by atoms with Gasteiger partial charge in [0.2, 0.25) is 6.41 Å². The summed E-state index contributed by atoms with van der Waals surface area (Å²) in [5.41, 5.74) is -0.219. The second kappa shape index (κ2) is 7.70. The van der Waals surface area contributed by atoms with Gasteiger partial charge in [-0.15, -0.1) is 0 Å². The zero-order valence-corrected chi connectivity index (χ0v) is 15.6. The molecular formula is C18H14ClF3N6O. The van der Waals surface area contributed by atoms with Crippen LogP contribution < -0.4 is 5.32 Å². The molecule has 3 aromatic heterocycles. The van der Waals surface area contributed by atoms with Crippen LogP contribution in [0.25, 0.3) is 27.8 Å². The third kappa shape index (κ3) is 3.63. The molecule has 0 aliphatic heterocycles. The lowest BCUT2D eigenvalue weighted by Crippen LogP contribution is -1.99. The molecule has 7 nitrogen and oxygen atoms in total. The molecule has 0 saturated heterocycles. The quantitative estimate of drug-likeness (QED) is 0.465. The van der Waals surface area contributed by atoms with Crippen molar-refractivity contribution in [2.24, 2.45) is 0 Å². The normalized spacial score (nSPS) is 12.9. The molecule has 150 valence electrons. The van der Waals surface area contributed by atoms with E-state index < -0.39 is 22.8 Å². The molecule has 1 aromatic carbocycles. The Morgan fingerprint density at radius 3 is 2.66 bits per heavy atom. The molecule has 1 saturated carbocycles. The predicted octanol–water partition coefficient (Wildman–Crippen LogP) is 4.74. The molecule has 2 N–H and O–H groups in total. The summed E-state index contributed by atoms with van der Waals surface area (Å²) >= 11 is 6.05. The number of anilines is 1. The second-order valence-corrected chi connectivity index (χ2v) is 6.74. The van der Waals surface area contributed by atoms with Crippen molar-refractivity contribution in [2.75, 3.05) is 5.32 Å². The highest BCUT2D eigenvalue weighted by Gasteiger charge is 2.26. The van der Waals surface area contributed by atoms with E-state index in [4.69, 9.17) is 11.6 Å². The Labute approximate surface area is 166 Å². The van der Waals surface area contributed by atoms with Crippen molar-refractivity contribution < 1.29 is 18.0 Å². The van der Waals surface area contributed by atoms with Crippen molar-refractivity contribution in [3.63, 3.8) is 0 Å². The maximum absolute atomic E-state index is 14.5. The molecule has 11 heteroatoms. The zero-order valence-electron chi connectivity index (χ0n) is 14.8. The summed E-state index contributed by atoms with van der Waals surface area (Å²) in [6.07, 6.45) is 7.58. The van der Waals surface area contributed by atoms with Crippen LogP contribution in [0.2, 0.25) is 5.02 Å². The van der Waals surface area contributed by atoms with Crippen molar-refractivity contribution in [2.45, 2.75) is 25.7 Å². The number of imidazole rings is 1. The first-order valence-electron chi connectivity index (χ1n) is 8.68. The van der Waals surface area contributed by atoms with Crippen molar-refractivity contribution in [1.29, 1.82) is 0 Å². The number of fused-ring (bicyclic) bond motifs is 2. The summed E-state index contributed by atoms with van der Waals surface area (Å²) in [5.74, 6) is -0.943. The number of nitrogens with one attached hydrogen (secondary N) is 2. The van der Waals surface area contributed by atoms with Gasteiger partial charge >= 0.3 is 0 Å². The molecule has 0 bridgehead atoms. The molecule has 1 aliphatic rings. The summed E-state index contributed by atoms with van der Waals surface area (Å²) in [4.78, 5) is 18.8. The molecule has 1 amide bonds. The Morgan fingerprint density at radius 2 is 2.00 bits per heavy atom. The van der Waals surface area contributed by atoms with E-state index in [2.05, 4.69) is 25.5 Å². The monoisotopic (exact) mass is 422 g/mol. The van der Waals surface area contributed by atoms with Crippen LogP contribution in [0.4, 0.5) is 19.0 Å². The first-order chi connectivity index (χ1) is 14.0. The molecule has 5 rings (SSSR count). The van der Waals surface area contributed by atoms with Gasteiger partial charge in [0, 0.05) is 17.1 Å². The first-order valence-corrected chi connectivity index (χ1v) is 9.06. The van der Waals surface area contributed by atoms with Crippen molar-refractivity contribution in [3.8, 4) is 11.3 Å². The summed E-state index contributed by atoms with van der Waals surface area (Å²) in [5, 5.41) is 8.24. The number of nitrogens with zero attached hydrogens (tertiary/aromatic N) is 4. The van der Waals surface area contributed by atoms with Crippen LogP contribution in [-0.2, 0) is 4.79 Å². The van der Waals surface area contributed by atoms with E-state index in [0.717, 1.165) is 0 Å². The number of aromatic amines is 1. The zero-order chi connectivity index (χ0) is 20.5. The van der Waals surface area contributed by atoms with Crippen LogP contribution in [-0.4, -0.2) is 31.0 Å². The number of H-pyrrole nitrogens is 1. The maximum atomic E-state index is 14.5. The van der Waals surface area contributed by atoms with E-state index in [9.17, 15) is 18.0 Å². The standard InChI is InChI=1S/C15H8ClF3N6O.C3H6/c16-12-10(6-1-22-24-14(6)11(13(12)17)15(18)19)7-3-25-4-8(21-5-26)23-9(25)2-20-7;1-2-3-1/h1-5,15H,(H,21,26)(H,22,24);1-3H2. The van der Waals surface area contributed by atoms with Gasteiger partial charge < -0.3 is 9.72 Å². The fraction of sp³-hybridized carbons (Fsp3) is 0.222. The Hall–Kier alpha value is -3.14. The molecule has 3 heterocycles. The fourth-order valence-corrected chi connectivity index (χ4v) is 3.05. The molecule has 0 radical (unpaired) electrons. The highest BCUT2D eigenvalue weighted by Crippen LogP contribution is 2.41. The number of hydrogen-bond acceptors (Lipinski definition) is 4. The molecule has 1 fully saturated rings. The lowest BCUT2D eigenvalue weighted by atomic mass is 10.0. The number of aromatic nitrogens is 5. The lowest BCUT2D eigenvalue weighted by molar-refractivity contribution is -0.105. The molecule has 0 unspecified atom stereocenters. The number of amides is 1. The Morgan fingerprint density at radius 1 is 1.24 bits per heavy atom. The van der Waals surface area contributed by atoms with Gasteiger partial charge in [0.25, 0.3) is 6.43 Å². The van der Waals surface area contributed by atoms with Crippen LogP contribution in [0.3, 0.4) is 0 Å². The van der Waals surface area contributed by atoms with Gasteiger partial charge in [-0.05, 0) is 0 Å². The number of alkyl halides is 2. The van der Waals surface area contributed by atoms with Crippen LogP contribution in [0.5, 0.6) is 0 Å². The van der Waals surface area contributed by atoms with E-state index in [1.165, 1.54) is 48.5 Å². The van der Waals surface area contributed by atoms with E-state index in [1.54, 1.807) is 0 Å². The van der Waals surface area contributed by atoms with Gasteiger partial charge in [-0.25, -0.2) is 18.2 Å². The van der Waals surface area contributed by atoms with E-state index in [0.29, 0.717) is 12.1 Å². The third-order valence-corrected chi connectivity index (χ3v) is 4.56. The average molecular weight is 423 g/mol. The minimum absolute atomic E-state index is 0.123. The van der Waals surface area contributed by atoms with Crippen LogP contribution in [0.1, 0.15) is 31.3 Å². The van der Waals surface area contributed by atoms with Gasteiger partial charge in [0.1, 0.15) is 0 Å². The predicted molar refractivity (Wildman–Crippen MR) is 102 cm³/mol. The molecule has 0 atom stereocenters. The van der Waals surface area contributed by atoms with E-state index in [1.807, 2.05) is 0 Å². The van der Waals surface area contributed by atoms with Crippen molar-refractivity contribution in [3.05, 3.63) is 41.2 Å². The van der Waals surface area contributed by atoms with Gasteiger partial charge in [0.15, 0.2) is 17.3 Å². The third-order valence-electron chi connectivity index (χ3n) is 4.20. The van der Waals surface area contributed by atoms with Crippen LogP contribution in [0.15, 0.2) is 24.8 Å². The van der Waals surface area contributed by atoms with Gasteiger partial charge in [-0.2, -0.15) is 5.10 Å². The second-order valence-electron chi connectivity index (χ2n) is 6.36. The molecule has 1 aliphatic carbocycles. The highest BCUT2D eigenvalue weighted by atomic mass is 35.5. The number of benzene rings is 1. The Balaban J connectivity index is 0.000000626. The number of carbonyl (C=O) groups excluding carboxylic acids is 1. The van der Waals surface area contributed by atoms with Gasteiger partial charge in [-0.1, -0.05) is 30.9 Å². The smallest absolute Gasteiger partial charge is 0.268 e. The number of halogens is 4. The van der Waals surface area contributed by atoms with Crippen molar-refractivity contribution >= 4 is 40.4 Å². The topological polar surface area (TPSA) is 88.0 Å². The van der Waals surface area contributed by atoms with Crippen LogP contribution >= 0.6 is 11.6 Å². The summed E-state index contributed by atoms with van der Waals surface area (Å²) in [6, 6.07) is 0. The molecule has 4 aromatic rings. The minimum Gasteiger partial charge on any atom is -0.312 e.